The van der Waals surface area contributed by atoms with Gasteiger partial charge < -0.3 is 8.97 Å². The maximum Gasteiger partial charge on any atom is 0.102 e. The second-order valence-electron chi connectivity index (χ2n) is 5.91. The van der Waals surface area contributed by atoms with Crippen molar-refractivity contribution in [2.24, 2.45) is 0 Å². The predicted octanol–water partition coefficient (Wildman–Crippen LogP) is 3.19. The van der Waals surface area contributed by atoms with Crippen molar-refractivity contribution in [3.8, 4) is 6.07 Å². The molecule has 0 aliphatic carbocycles. The highest BCUT2D eigenvalue weighted by Crippen LogP contribution is 2.28. The lowest BCUT2D eigenvalue weighted by atomic mass is 10.1. The first-order valence-electron chi connectivity index (χ1n) is 7.65. The fraction of sp³-hybridized carbons (Fsp3) is 0.278. The molecular weight excluding hydrogens is 272 g/mol. The number of pyridine rings is 1. The maximum atomic E-state index is 9.54. The van der Waals surface area contributed by atoms with E-state index < -0.39 is 0 Å². The van der Waals surface area contributed by atoms with Crippen LogP contribution in [0, 0.1) is 11.3 Å². The van der Waals surface area contributed by atoms with Crippen molar-refractivity contribution in [1.29, 1.82) is 5.26 Å². The molecule has 1 aliphatic rings. The number of aromatic nitrogens is 2. The molecule has 4 heterocycles. The Balaban J connectivity index is 1.69. The van der Waals surface area contributed by atoms with Crippen molar-refractivity contribution >= 4 is 5.52 Å². The lowest BCUT2D eigenvalue weighted by molar-refractivity contribution is 0.161. The van der Waals surface area contributed by atoms with Gasteiger partial charge in [-0.25, -0.2) is 0 Å². The molecule has 0 aromatic carbocycles. The average Bonchev–Trinajstić information content (AvgIpc) is 3.14. The van der Waals surface area contributed by atoms with Crippen molar-refractivity contribution in [2.75, 3.05) is 6.54 Å². The first-order chi connectivity index (χ1) is 10.8. The highest BCUT2D eigenvalue weighted by molar-refractivity contribution is 5.65. The monoisotopic (exact) mass is 290 g/mol. The summed E-state index contributed by atoms with van der Waals surface area (Å²) < 4.78 is 4.37. The van der Waals surface area contributed by atoms with Crippen LogP contribution >= 0.6 is 0 Å². The molecule has 4 nitrogen and oxygen atoms in total. The Hall–Kier alpha value is -2.51. The van der Waals surface area contributed by atoms with Crippen LogP contribution in [-0.4, -0.2) is 20.4 Å². The fourth-order valence-corrected chi connectivity index (χ4v) is 3.49. The van der Waals surface area contributed by atoms with Gasteiger partial charge in [0.25, 0.3) is 0 Å². The minimum absolute atomic E-state index is 0.373. The molecule has 0 saturated heterocycles. The summed E-state index contributed by atoms with van der Waals surface area (Å²) in [6.07, 6.45) is 6.25. The number of hydrogen-bond donors (Lipinski definition) is 0. The van der Waals surface area contributed by atoms with Gasteiger partial charge in [-0.2, -0.15) is 5.26 Å². The van der Waals surface area contributed by atoms with Crippen molar-refractivity contribution in [1.82, 2.24) is 13.9 Å². The number of rotatable bonds is 2. The van der Waals surface area contributed by atoms with E-state index in [0.717, 1.165) is 36.3 Å². The lowest BCUT2D eigenvalue weighted by Gasteiger charge is -2.34. The minimum Gasteiger partial charge on any atom is -0.349 e. The average molecular weight is 290 g/mol. The van der Waals surface area contributed by atoms with Crippen LogP contribution in [0.5, 0.6) is 0 Å². The molecule has 22 heavy (non-hydrogen) atoms. The number of fused-ring (bicyclic) bond motifs is 2. The Morgan fingerprint density at radius 3 is 2.95 bits per heavy atom. The van der Waals surface area contributed by atoms with E-state index in [4.69, 9.17) is 0 Å². The van der Waals surface area contributed by atoms with Gasteiger partial charge in [0, 0.05) is 55.5 Å². The smallest absolute Gasteiger partial charge is 0.102 e. The summed E-state index contributed by atoms with van der Waals surface area (Å²) in [4.78, 5) is 2.45. The number of hydrogen-bond acceptors (Lipinski definition) is 2. The SMILES string of the molecule is CC1c2cccn2CCN1Cc1cn2ccccc2c1C#N. The summed E-state index contributed by atoms with van der Waals surface area (Å²) in [5.74, 6) is 0. The van der Waals surface area contributed by atoms with Crippen LogP contribution in [0.25, 0.3) is 5.52 Å². The van der Waals surface area contributed by atoms with Gasteiger partial charge in [0.1, 0.15) is 6.07 Å². The molecule has 1 atom stereocenters. The molecule has 0 N–H and O–H groups in total. The van der Waals surface area contributed by atoms with Crippen LogP contribution in [-0.2, 0) is 13.1 Å². The summed E-state index contributed by atoms with van der Waals surface area (Å²) in [5, 5.41) is 9.54. The van der Waals surface area contributed by atoms with E-state index in [9.17, 15) is 5.26 Å². The lowest BCUT2D eigenvalue weighted by Crippen LogP contribution is -2.35. The van der Waals surface area contributed by atoms with Crippen LogP contribution in [0.2, 0.25) is 0 Å². The highest BCUT2D eigenvalue weighted by Gasteiger charge is 2.24. The maximum absolute atomic E-state index is 9.54. The van der Waals surface area contributed by atoms with E-state index in [0.29, 0.717) is 6.04 Å². The molecule has 4 heteroatoms. The van der Waals surface area contributed by atoms with Gasteiger partial charge in [-0.3, -0.25) is 4.90 Å². The Kier molecular flexibility index (Phi) is 3.02. The zero-order valence-corrected chi connectivity index (χ0v) is 12.6. The van der Waals surface area contributed by atoms with Gasteiger partial charge in [-0.05, 0) is 31.2 Å². The Labute approximate surface area is 129 Å². The second-order valence-corrected chi connectivity index (χ2v) is 5.91. The zero-order chi connectivity index (χ0) is 15.1. The van der Waals surface area contributed by atoms with Gasteiger partial charge >= 0.3 is 0 Å². The van der Waals surface area contributed by atoms with Gasteiger partial charge in [0.05, 0.1) is 11.1 Å². The van der Waals surface area contributed by atoms with Crippen LogP contribution in [0.4, 0.5) is 0 Å². The van der Waals surface area contributed by atoms with E-state index in [-0.39, 0.29) is 0 Å². The molecule has 1 aliphatic heterocycles. The molecule has 0 spiro atoms. The summed E-state index contributed by atoms with van der Waals surface area (Å²) in [7, 11) is 0. The molecule has 110 valence electrons. The summed E-state index contributed by atoms with van der Waals surface area (Å²) in [5.41, 5.74) is 4.26. The zero-order valence-electron chi connectivity index (χ0n) is 12.6. The first kappa shape index (κ1) is 13.2. The quantitative estimate of drug-likeness (QED) is 0.726. The molecule has 3 aromatic heterocycles. The van der Waals surface area contributed by atoms with E-state index in [1.807, 2.05) is 28.8 Å². The van der Waals surface area contributed by atoms with E-state index in [2.05, 4.69) is 47.0 Å². The van der Waals surface area contributed by atoms with Gasteiger partial charge in [-0.15, -0.1) is 0 Å². The molecule has 3 aromatic rings. The topological polar surface area (TPSA) is 36.4 Å². The van der Waals surface area contributed by atoms with Crippen molar-refractivity contribution in [3.63, 3.8) is 0 Å². The van der Waals surface area contributed by atoms with Gasteiger partial charge in [0.15, 0.2) is 0 Å². The largest absolute Gasteiger partial charge is 0.349 e. The molecule has 0 radical (unpaired) electrons. The van der Waals surface area contributed by atoms with Crippen LogP contribution in [0.15, 0.2) is 48.9 Å². The normalized spacial score (nSPS) is 18.3. The fourth-order valence-electron chi connectivity index (χ4n) is 3.49. The Morgan fingerprint density at radius 1 is 1.18 bits per heavy atom. The summed E-state index contributed by atoms with van der Waals surface area (Å²) >= 11 is 0. The highest BCUT2D eigenvalue weighted by atomic mass is 15.2. The molecule has 1 unspecified atom stereocenters. The number of nitrogens with zero attached hydrogens (tertiary/aromatic N) is 4. The number of nitriles is 1. The first-order valence-corrected chi connectivity index (χ1v) is 7.65. The third kappa shape index (κ3) is 1.94. The summed E-state index contributed by atoms with van der Waals surface area (Å²) in [6.45, 7) is 5.09. The molecule has 0 saturated carbocycles. The van der Waals surface area contributed by atoms with Gasteiger partial charge in [0.2, 0.25) is 0 Å². The van der Waals surface area contributed by atoms with Crippen molar-refractivity contribution in [3.05, 3.63) is 65.7 Å². The standard InChI is InChI=1S/C18H18N4/c1-14-17-6-4-8-20(17)9-10-21(14)12-15-13-22-7-3-2-5-18(22)16(15)11-19/h2-8,13-14H,9-10,12H2,1H3. The van der Waals surface area contributed by atoms with Gasteiger partial charge in [-0.1, -0.05) is 6.07 Å². The van der Waals surface area contributed by atoms with E-state index >= 15 is 0 Å². The molecule has 0 amide bonds. The Morgan fingerprint density at radius 2 is 2.09 bits per heavy atom. The third-order valence-corrected chi connectivity index (χ3v) is 4.72. The van der Waals surface area contributed by atoms with Crippen LogP contribution in [0.3, 0.4) is 0 Å². The Bertz CT molecular complexity index is 865. The molecule has 0 fully saturated rings. The van der Waals surface area contributed by atoms with E-state index in [1.165, 1.54) is 5.69 Å². The van der Waals surface area contributed by atoms with Crippen LogP contribution < -0.4 is 0 Å². The van der Waals surface area contributed by atoms with Crippen molar-refractivity contribution in [2.45, 2.75) is 26.1 Å². The summed E-state index contributed by atoms with van der Waals surface area (Å²) in [6, 6.07) is 13.0. The van der Waals surface area contributed by atoms with E-state index in [1.54, 1.807) is 0 Å². The molecule has 4 rings (SSSR count). The molecular formula is C18H18N4. The van der Waals surface area contributed by atoms with Crippen molar-refractivity contribution < 1.29 is 0 Å². The molecule has 0 bridgehead atoms. The second kappa shape index (κ2) is 5.04. The predicted molar refractivity (Wildman–Crippen MR) is 85.4 cm³/mol. The minimum atomic E-state index is 0.373. The third-order valence-electron chi connectivity index (χ3n) is 4.72. The van der Waals surface area contributed by atoms with Crippen LogP contribution in [0.1, 0.15) is 29.8 Å².